The molecule has 3 N–H and O–H groups in total. The molecule has 1 atom stereocenters. The Balaban J connectivity index is 3.12. The van der Waals surface area contributed by atoms with Gasteiger partial charge in [0.2, 0.25) is 5.91 Å². The van der Waals surface area contributed by atoms with Gasteiger partial charge in [0.15, 0.2) is 0 Å². The Morgan fingerprint density at radius 1 is 1.40 bits per heavy atom. The molecule has 0 saturated carbocycles. The first-order valence-electron chi connectivity index (χ1n) is 5.84. The number of rotatable bonds is 4. The smallest absolute Gasteiger partial charge is 0.373 e. The van der Waals surface area contributed by atoms with Crippen molar-refractivity contribution in [2.24, 2.45) is 11.7 Å². The molecule has 7 heteroatoms. The maximum absolute atomic E-state index is 12.6. The number of hydrogen-bond acceptors (Lipinski definition) is 3. The number of nitrogens with zero attached hydrogens (tertiary/aromatic N) is 1. The summed E-state index contributed by atoms with van der Waals surface area (Å²) >= 11 is 0. The first-order valence-corrected chi connectivity index (χ1v) is 5.84. The predicted molar refractivity (Wildman–Crippen MR) is 67.6 cm³/mol. The van der Waals surface area contributed by atoms with E-state index in [2.05, 4.69) is 5.32 Å². The molecule has 108 valence electrons. The van der Waals surface area contributed by atoms with Crippen molar-refractivity contribution < 1.29 is 18.0 Å². The topological polar surface area (TPSA) is 78.9 Å². The highest BCUT2D eigenvalue weighted by atomic mass is 19.4. The summed E-state index contributed by atoms with van der Waals surface area (Å²) in [5.74, 6) is -0.751. The van der Waals surface area contributed by atoms with Crippen molar-refractivity contribution >= 4 is 11.6 Å². The molecule has 20 heavy (non-hydrogen) atoms. The molecule has 0 radical (unpaired) electrons. The van der Waals surface area contributed by atoms with Gasteiger partial charge in [0.25, 0.3) is 0 Å². The average molecular weight is 285 g/mol. The van der Waals surface area contributed by atoms with Crippen LogP contribution < -0.4 is 11.1 Å². The van der Waals surface area contributed by atoms with Crippen LogP contribution in [0.1, 0.15) is 25.0 Å². The van der Waals surface area contributed by atoms with Gasteiger partial charge in [0.1, 0.15) is 6.04 Å². The first-order chi connectivity index (χ1) is 9.16. The molecule has 4 nitrogen and oxygen atoms in total. The SMILES string of the molecule is CC(C)C(Nc1ccc(C(F)(F)F)c(C#N)c1)C(N)=O. The molecule has 0 fully saturated rings. The third-order valence-electron chi connectivity index (χ3n) is 2.74. The van der Waals surface area contributed by atoms with E-state index in [0.717, 1.165) is 12.1 Å². The lowest BCUT2D eigenvalue weighted by Crippen LogP contribution is -2.39. The number of benzene rings is 1. The van der Waals surface area contributed by atoms with E-state index in [4.69, 9.17) is 11.0 Å². The Morgan fingerprint density at radius 2 is 2.00 bits per heavy atom. The summed E-state index contributed by atoms with van der Waals surface area (Å²) < 4.78 is 37.9. The molecular formula is C13H14F3N3O. The molecular weight excluding hydrogens is 271 g/mol. The molecule has 1 aromatic rings. The zero-order chi connectivity index (χ0) is 15.5. The third-order valence-corrected chi connectivity index (χ3v) is 2.74. The van der Waals surface area contributed by atoms with Crippen LogP contribution in [0.25, 0.3) is 0 Å². The van der Waals surface area contributed by atoms with Crippen molar-refractivity contribution in [3.05, 3.63) is 29.3 Å². The van der Waals surface area contributed by atoms with Crippen molar-refractivity contribution in [3.63, 3.8) is 0 Å². The van der Waals surface area contributed by atoms with Crippen molar-refractivity contribution in [1.82, 2.24) is 0 Å². The summed E-state index contributed by atoms with van der Waals surface area (Å²) in [6.45, 7) is 3.50. The van der Waals surface area contributed by atoms with Crippen LogP contribution in [0.15, 0.2) is 18.2 Å². The number of nitrogens with two attached hydrogens (primary N) is 1. The van der Waals surface area contributed by atoms with Crippen LogP contribution in [-0.4, -0.2) is 11.9 Å². The van der Waals surface area contributed by atoms with E-state index >= 15 is 0 Å². The van der Waals surface area contributed by atoms with Gasteiger partial charge in [-0.15, -0.1) is 0 Å². The second kappa shape index (κ2) is 5.82. The van der Waals surface area contributed by atoms with Crippen molar-refractivity contribution in [1.29, 1.82) is 5.26 Å². The zero-order valence-electron chi connectivity index (χ0n) is 11.0. The number of anilines is 1. The van der Waals surface area contributed by atoms with Gasteiger partial charge in [-0.2, -0.15) is 18.4 Å². The number of carbonyl (C=O) groups excluding carboxylic acids is 1. The number of carbonyl (C=O) groups is 1. The van der Waals surface area contributed by atoms with Crippen LogP contribution in [0.3, 0.4) is 0 Å². The lowest BCUT2D eigenvalue weighted by molar-refractivity contribution is -0.137. The molecule has 1 amide bonds. The van der Waals surface area contributed by atoms with E-state index in [1.807, 2.05) is 0 Å². The minimum Gasteiger partial charge on any atom is -0.373 e. The van der Waals surface area contributed by atoms with Gasteiger partial charge in [-0.05, 0) is 24.1 Å². The monoisotopic (exact) mass is 285 g/mol. The molecule has 0 spiro atoms. The largest absolute Gasteiger partial charge is 0.417 e. The summed E-state index contributed by atoms with van der Waals surface area (Å²) in [4.78, 5) is 11.2. The maximum atomic E-state index is 12.6. The van der Waals surface area contributed by atoms with Gasteiger partial charge >= 0.3 is 6.18 Å². The summed E-state index contributed by atoms with van der Waals surface area (Å²) in [5.41, 5.74) is 3.94. The van der Waals surface area contributed by atoms with Crippen molar-refractivity contribution in [3.8, 4) is 6.07 Å². The van der Waals surface area contributed by atoms with Crippen LogP contribution in [0.5, 0.6) is 0 Å². The van der Waals surface area contributed by atoms with Gasteiger partial charge in [0, 0.05) is 5.69 Å². The number of primary amides is 1. The number of alkyl halides is 3. The van der Waals surface area contributed by atoms with Crippen molar-refractivity contribution in [2.75, 3.05) is 5.32 Å². The minimum atomic E-state index is -4.59. The number of hydrogen-bond donors (Lipinski definition) is 2. The van der Waals surface area contributed by atoms with E-state index in [9.17, 15) is 18.0 Å². The standard InChI is InChI=1S/C13H14F3N3O/c1-7(2)11(12(18)20)19-9-3-4-10(13(14,15)16)8(5-9)6-17/h3-5,7,11,19H,1-2H3,(H2,18,20). The van der Waals surface area contributed by atoms with Crippen LogP contribution in [0, 0.1) is 17.2 Å². The van der Waals surface area contributed by atoms with E-state index in [0.29, 0.717) is 0 Å². The van der Waals surface area contributed by atoms with Gasteiger partial charge in [-0.25, -0.2) is 0 Å². The summed E-state index contributed by atoms with van der Waals surface area (Å²) in [7, 11) is 0. The molecule has 1 unspecified atom stereocenters. The Morgan fingerprint density at radius 3 is 2.40 bits per heavy atom. The predicted octanol–water partition coefficient (Wildman–Crippen LogP) is 2.50. The minimum absolute atomic E-state index is 0.139. The number of nitrogens with one attached hydrogen (secondary N) is 1. The fraction of sp³-hybridized carbons (Fsp3) is 0.385. The summed E-state index contributed by atoms with van der Waals surface area (Å²) in [6.07, 6.45) is -4.59. The van der Waals surface area contributed by atoms with Crippen LogP contribution in [0.2, 0.25) is 0 Å². The lowest BCUT2D eigenvalue weighted by Gasteiger charge is -2.20. The van der Waals surface area contributed by atoms with Gasteiger partial charge in [-0.1, -0.05) is 13.8 Å². The maximum Gasteiger partial charge on any atom is 0.417 e. The molecule has 0 bridgehead atoms. The Bertz CT molecular complexity index is 547. The van der Waals surface area contributed by atoms with Crippen LogP contribution in [-0.2, 0) is 11.0 Å². The summed E-state index contributed by atoms with van der Waals surface area (Å²) in [6, 6.07) is 3.80. The van der Waals surface area contributed by atoms with E-state index in [1.165, 1.54) is 12.1 Å². The van der Waals surface area contributed by atoms with Gasteiger partial charge < -0.3 is 11.1 Å². The molecule has 1 aromatic carbocycles. The third kappa shape index (κ3) is 3.63. The van der Waals surface area contributed by atoms with E-state index in [1.54, 1.807) is 13.8 Å². The molecule has 0 saturated heterocycles. The molecule has 0 aliphatic carbocycles. The fourth-order valence-corrected chi connectivity index (χ4v) is 1.72. The molecule has 1 rings (SSSR count). The first kappa shape index (κ1) is 15.8. The highest BCUT2D eigenvalue weighted by molar-refractivity contribution is 5.83. The molecule has 0 aromatic heterocycles. The summed E-state index contributed by atoms with van der Waals surface area (Å²) in [5, 5.41) is 11.5. The molecule has 0 aliphatic rings. The zero-order valence-corrected chi connectivity index (χ0v) is 11.0. The highest BCUT2D eigenvalue weighted by Crippen LogP contribution is 2.33. The van der Waals surface area contributed by atoms with E-state index in [-0.39, 0.29) is 11.6 Å². The van der Waals surface area contributed by atoms with Crippen molar-refractivity contribution in [2.45, 2.75) is 26.1 Å². The van der Waals surface area contributed by atoms with E-state index < -0.39 is 29.3 Å². The Kier molecular flexibility index (Phi) is 4.61. The van der Waals surface area contributed by atoms with Gasteiger partial charge in [-0.3, -0.25) is 4.79 Å². The molecule has 0 heterocycles. The van der Waals surface area contributed by atoms with Crippen LogP contribution >= 0.6 is 0 Å². The quantitative estimate of drug-likeness (QED) is 0.892. The normalized spacial score (nSPS) is 12.8. The number of halogens is 3. The number of nitriles is 1. The Hall–Kier alpha value is -2.23. The lowest BCUT2D eigenvalue weighted by atomic mass is 10.0. The second-order valence-electron chi connectivity index (χ2n) is 4.64. The average Bonchev–Trinajstić information content (AvgIpc) is 2.33. The Labute approximate surface area is 114 Å². The van der Waals surface area contributed by atoms with Crippen LogP contribution in [0.4, 0.5) is 18.9 Å². The number of amides is 1. The fourth-order valence-electron chi connectivity index (χ4n) is 1.72. The molecule has 0 aliphatic heterocycles. The second-order valence-corrected chi connectivity index (χ2v) is 4.64. The highest BCUT2D eigenvalue weighted by Gasteiger charge is 2.33. The van der Waals surface area contributed by atoms with Gasteiger partial charge in [0.05, 0.1) is 17.2 Å².